The van der Waals surface area contributed by atoms with Crippen molar-refractivity contribution in [3.8, 4) is 17.2 Å². The molecule has 3 unspecified atom stereocenters. The Hall–Kier alpha value is -1.81. The van der Waals surface area contributed by atoms with Crippen molar-refractivity contribution in [1.82, 2.24) is 0 Å². The lowest BCUT2D eigenvalue weighted by molar-refractivity contribution is 0.0418. The molecule has 1 fully saturated rings. The van der Waals surface area contributed by atoms with Crippen LogP contribution in [-0.4, -0.2) is 21.7 Å². The first-order valence-electron chi connectivity index (χ1n) is 7.44. The summed E-state index contributed by atoms with van der Waals surface area (Å²) in [6.45, 7) is 2.27. The standard InChI is InChI=1S/C18H18O3S/c1-18-10-22-9-15(18)14-8-13(20)6-7-16(14)21-17(18)11-2-4-12(19)5-3-11/h2-8,15,17,19-20H,9-10H2,1H3. The lowest BCUT2D eigenvalue weighted by Crippen LogP contribution is -2.38. The number of ether oxygens (including phenoxy) is 1. The summed E-state index contributed by atoms with van der Waals surface area (Å²) in [5, 5.41) is 19.3. The number of hydrogen-bond acceptors (Lipinski definition) is 4. The van der Waals surface area contributed by atoms with Crippen molar-refractivity contribution >= 4 is 11.8 Å². The number of hydrogen-bond donors (Lipinski definition) is 2. The van der Waals surface area contributed by atoms with Gasteiger partial charge in [0.25, 0.3) is 0 Å². The predicted octanol–water partition coefficient (Wildman–Crippen LogP) is 4.07. The van der Waals surface area contributed by atoms with E-state index in [1.165, 1.54) is 0 Å². The molecule has 0 spiro atoms. The van der Waals surface area contributed by atoms with Crippen LogP contribution in [-0.2, 0) is 0 Å². The van der Waals surface area contributed by atoms with Gasteiger partial charge in [-0.1, -0.05) is 19.1 Å². The topological polar surface area (TPSA) is 49.7 Å². The minimum atomic E-state index is -0.0369. The van der Waals surface area contributed by atoms with E-state index in [1.807, 2.05) is 36.0 Å². The van der Waals surface area contributed by atoms with E-state index >= 15 is 0 Å². The first-order valence-corrected chi connectivity index (χ1v) is 8.59. The SMILES string of the molecule is CC12CSCC1c1cc(O)ccc1OC2c1ccc(O)cc1. The van der Waals surface area contributed by atoms with Gasteiger partial charge in [0, 0.05) is 28.4 Å². The monoisotopic (exact) mass is 314 g/mol. The smallest absolute Gasteiger partial charge is 0.130 e. The molecule has 1 saturated heterocycles. The van der Waals surface area contributed by atoms with E-state index < -0.39 is 0 Å². The van der Waals surface area contributed by atoms with Crippen molar-refractivity contribution < 1.29 is 14.9 Å². The van der Waals surface area contributed by atoms with Gasteiger partial charge in [-0.05, 0) is 35.9 Å². The van der Waals surface area contributed by atoms with Gasteiger partial charge in [0.1, 0.15) is 23.4 Å². The van der Waals surface area contributed by atoms with Gasteiger partial charge in [0.05, 0.1) is 0 Å². The molecule has 22 heavy (non-hydrogen) atoms. The van der Waals surface area contributed by atoms with Crippen LogP contribution in [0.5, 0.6) is 17.2 Å². The molecule has 114 valence electrons. The first kappa shape index (κ1) is 13.8. The number of rotatable bonds is 1. The second-order valence-electron chi connectivity index (χ2n) is 6.39. The molecule has 3 atom stereocenters. The van der Waals surface area contributed by atoms with Crippen molar-refractivity contribution in [1.29, 1.82) is 0 Å². The fraction of sp³-hybridized carbons (Fsp3) is 0.333. The zero-order valence-electron chi connectivity index (χ0n) is 12.3. The van der Waals surface area contributed by atoms with Crippen molar-refractivity contribution in [2.24, 2.45) is 5.41 Å². The van der Waals surface area contributed by atoms with E-state index in [1.54, 1.807) is 18.2 Å². The molecule has 2 aliphatic heterocycles. The van der Waals surface area contributed by atoms with E-state index in [0.29, 0.717) is 11.7 Å². The van der Waals surface area contributed by atoms with E-state index in [4.69, 9.17) is 4.74 Å². The van der Waals surface area contributed by atoms with Gasteiger partial charge in [-0.3, -0.25) is 0 Å². The molecule has 0 radical (unpaired) electrons. The zero-order chi connectivity index (χ0) is 15.3. The van der Waals surface area contributed by atoms with Crippen molar-refractivity contribution in [2.75, 3.05) is 11.5 Å². The van der Waals surface area contributed by atoms with Crippen LogP contribution in [0.25, 0.3) is 0 Å². The third-order valence-electron chi connectivity index (χ3n) is 4.90. The lowest BCUT2D eigenvalue weighted by atomic mass is 9.68. The molecule has 0 saturated carbocycles. The van der Waals surface area contributed by atoms with Gasteiger partial charge < -0.3 is 14.9 Å². The van der Waals surface area contributed by atoms with Crippen LogP contribution < -0.4 is 4.74 Å². The average Bonchev–Trinajstić information content (AvgIpc) is 2.90. The average molecular weight is 314 g/mol. The molecule has 3 nitrogen and oxygen atoms in total. The highest BCUT2D eigenvalue weighted by molar-refractivity contribution is 7.99. The minimum Gasteiger partial charge on any atom is -0.508 e. The third kappa shape index (κ3) is 1.97. The molecule has 0 aliphatic carbocycles. The van der Waals surface area contributed by atoms with Crippen LogP contribution in [0.4, 0.5) is 0 Å². The van der Waals surface area contributed by atoms with Crippen LogP contribution in [0.2, 0.25) is 0 Å². The summed E-state index contributed by atoms with van der Waals surface area (Å²) < 4.78 is 6.32. The summed E-state index contributed by atoms with van der Waals surface area (Å²) in [4.78, 5) is 0. The molecule has 2 aromatic rings. The largest absolute Gasteiger partial charge is 0.508 e. The van der Waals surface area contributed by atoms with Crippen molar-refractivity contribution in [2.45, 2.75) is 18.9 Å². The fourth-order valence-corrected chi connectivity index (χ4v) is 5.37. The highest BCUT2D eigenvalue weighted by atomic mass is 32.2. The van der Waals surface area contributed by atoms with Gasteiger partial charge in [-0.2, -0.15) is 11.8 Å². The summed E-state index contributed by atoms with van der Waals surface area (Å²) in [5.74, 6) is 3.87. The molecule has 0 aromatic heterocycles. The molecule has 2 aliphatic rings. The first-order chi connectivity index (χ1) is 10.6. The van der Waals surface area contributed by atoms with Crippen molar-refractivity contribution in [3.05, 3.63) is 53.6 Å². The Morgan fingerprint density at radius 3 is 2.59 bits per heavy atom. The minimum absolute atomic E-state index is 0.0115. The number of phenols is 2. The summed E-state index contributed by atoms with van der Waals surface area (Å²) >= 11 is 1.94. The van der Waals surface area contributed by atoms with E-state index in [-0.39, 0.29) is 17.3 Å². The van der Waals surface area contributed by atoms with E-state index in [2.05, 4.69) is 6.92 Å². The van der Waals surface area contributed by atoms with Gasteiger partial charge in [0.2, 0.25) is 0 Å². The van der Waals surface area contributed by atoms with Crippen LogP contribution in [0.3, 0.4) is 0 Å². The number of benzene rings is 2. The van der Waals surface area contributed by atoms with Gasteiger partial charge in [0.15, 0.2) is 0 Å². The Balaban J connectivity index is 1.83. The normalized spacial score (nSPS) is 29.5. The molecule has 2 heterocycles. The number of phenolic OH excluding ortho intramolecular Hbond substituents is 2. The maximum Gasteiger partial charge on any atom is 0.130 e. The highest BCUT2D eigenvalue weighted by Gasteiger charge is 2.51. The van der Waals surface area contributed by atoms with Gasteiger partial charge in [-0.25, -0.2) is 0 Å². The molecule has 2 N–H and O–H groups in total. The predicted molar refractivity (Wildman–Crippen MR) is 87.8 cm³/mol. The number of thioether (sulfide) groups is 1. The molecule has 4 heteroatoms. The molecular formula is C18H18O3S. The second kappa shape index (κ2) is 4.85. The summed E-state index contributed by atoms with van der Waals surface area (Å²) in [6.07, 6.45) is -0.0369. The van der Waals surface area contributed by atoms with Gasteiger partial charge in [-0.15, -0.1) is 0 Å². The Bertz CT molecular complexity index is 713. The zero-order valence-corrected chi connectivity index (χ0v) is 13.1. The second-order valence-corrected chi connectivity index (χ2v) is 7.42. The summed E-state index contributed by atoms with van der Waals surface area (Å²) in [7, 11) is 0. The number of fused-ring (bicyclic) bond motifs is 3. The summed E-state index contributed by atoms with van der Waals surface area (Å²) in [6, 6.07) is 12.7. The van der Waals surface area contributed by atoms with E-state index in [0.717, 1.165) is 28.4 Å². The Morgan fingerprint density at radius 2 is 1.82 bits per heavy atom. The highest BCUT2D eigenvalue weighted by Crippen LogP contribution is 2.60. The number of aromatic hydroxyl groups is 2. The molecule has 0 amide bonds. The lowest BCUT2D eigenvalue weighted by Gasteiger charge is -2.44. The van der Waals surface area contributed by atoms with Crippen LogP contribution >= 0.6 is 11.8 Å². The maximum atomic E-state index is 9.82. The van der Waals surface area contributed by atoms with Crippen LogP contribution in [0, 0.1) is 5.41 Å². The fourth-order valence-electron chi connectivity index (χ4n) is 3.67. The quantitative estimate of drug-likeness (QED) is 0.833. The molecule has 4 rings (SSSR count). The van der Waals surface area contributed by atoms with Crippen LogP contribution in [0.1, 0.15) is 30.1 Å². The maximum absolute atomic E-state index is 9.82. The molecular weight excluding hydrogens is 296 g/mol. The Labute approximate surface area is 133 Å². The van der Waals surface area contributed by atoms with Crippen LogP contribution in [0.15, 0.2) is 42.5 Å². The summed E-state index contributed by atoms with van der Waals surface area (Å²) in [5.41, 5.74) is 2.19. The Morgan fingerprint density at radius 1 is 1.09 bits per heavy atom. The van der Waals surface area contributed by atoms with Gasteiger partial charge >= 0.3 is 0 Å². The third-order valence-corrected chi connectivity index (χ3v) is 6.30. The van der Waals surface area contributed by atoms with E-state index in [9.17, 15) is 10.2 Å². The molecule has 2 aromatic carbocycles. The van der Waals surface area contributed by atoms with Crippen molar-refractivity contribution in [3.63, 3.8) is 0 Å². The Kier molecular flexibility index (Phi) is 3.05. The molecule has 0 bridgehead atoms.